The van der Waals surface area contributed by atoms with Crippen LogP contribution in [0.15, 0.2) is 12.1 Å². The van der Waals surface area contributed by atoms with Gasteiger partial charge in [0.25, 0.3) is 5.91 Å². The topological polar surface area (TPSA) is 69.6 Å². The van der Waals surface area contributed by atoms with E-state index in [0.29, 0.717) is 18.8 Å². The molecule has 0 saturated heterocycles. The van der Waals surface area contributed by atoms with Crippen LogP contribution in [0, 0.1) is 11.7 Å². The van der Waals surface area contributed by atoms with E-state index in [2.05, 4.69) is 5.32 Å². The number of carboxylic acids is 1. The minimum Gasteiger partial charge on any atom is -0.480 e. The highest BCUT2D eigenvalue weighted by atomic mass is 35.5. The van der Waals surface area contributed by atoms with Gasteiger partial charge < -0.3 is 10.4 Å². The van der Waals surface area contributed by atoms with Gasteiger partial charge >= 0.3 is 5.97 Å². The fraction of sp³-hybridized carbons (Fsp3) is 0.529. The summed E-state index contributed by atoms with van der Waals surface area (Å²) in [5.41, 5.74) is 0.0485. The van der Waals surface area contributed by atoms with Crippen LogP contribution < -0.4 is 5.32 Å². The molecule has 2 aliphatic rings. The van der Waals surface area contributed by atoms with Crippen molar-refractivity contribution >= 4 is 35.1 Å². The van der Waals surface area contributed by atoms with Crippen molar-refractivity contribution in [3.63, 3.8) is 0 Å². The minimum atomic E-state index is -0.837. The van der Waals surface area contributed by atoms with Crippen LogP contribution in [0.5, 0.6) is 0 Å². The quantitative estimate of drug-likeness (QED) is 0.703. The third kappa shape index (κ3) is 4.63. The number of amides is 1. The van der Waals surface area contributed by atoms with E-state index in [0.717, 1.165) is 25.5 Å². The smallest absolute Gasteiger partial charge is 0.317 e. The molecule has 0 atom stereocenters. The summed E-state index contributed by atoms with van der Waals surface area (Å²) in [6.07, 6.45) is 3.67. The first-order valence-corrected chi connectivity index (χ1v) is 9.00. The molecule has 2 N–H and O–H groups in total. The zero-order chi connectivity index (χ0) is 18.1. The molecule has 2 fully saturated rings. The number of nitrogens with zero attached hydrogens (tertiary/aromatic N) is 1. The van der Waals surface area contributed by atoms with E-state index >= 15 is 0 Å². The Morgan fingerprint density at radius 1 is 1.24 bits per heavy atom. The molecule has 0 aliphatic heterocycles. The molecule has 8 heteroatoms. The van der Waals surface area contributed by atoms with E-state index in [1.165, 1.54) is 6.07 Å². The number of rotatable bonds is 7. The fourth-order valence-corrected chi connectivity index (χ4v) is 3.58. The predicted molar refractivity (Wildman–Crippen MR) is 92.6 cm³/mol. The number of carboxylic acid groups (broad SMARTS) is 1. The molecule has 25 heavy (non-hydrogen) atoms. The summed E-state index contributed by atoms with van der Waals surface area (Å²) in [6, 6.07) is 2.32. The molecular weight excluding hydrogens is 370 g/mol. The average molecular weight is 389 g/mol. The van der Waals surface area contributed by atoms with E-state index in [9.17, 15) is 14.0 Å². The van der Waals surface area contributed by atoms with Gasteiger partial charge in [-0.1, -0.05) is 23.2 Å². The van der Waals surface area contributed by atoms with Gasteiger partial charge in [0.05, 0.1) is 22.2 Å². The van der Waals surface area contributed by atoms with Crippen molar-refractivity contribution < 1.29 is 19.1 Å². The van der Waals surface area contributed by atoms with E-state index < -0.39 is 17.7 Å². The Morgan fingerprint density at radius 2 is 1.92 bits per heavy atom. The number of nitrogens with one attached hydrogen (secondary N) is 1. The number of benzene rings is 1. The molecule has 2 saturated carbocycles. The van der Waals surface area contributed by atoms with Crippen molar-refractivity contribution in [2.45, 2.75) is 37.8 Å². The molecule has 0 heterocycles. The summed E-state index contributed by atoms with van der Waals surface area (Å²) in [5.74, 6) is -1.38. The lowest BCUT2D eigenvalue weighted by atomic mass is 9.85. The van der Waals surface area contributed by atoms with Crippen molar-refractivity contribution in [2.24, 2.45) is 5.92 Å². The molecule has 5 nitrogen and oxygen atoms in total. The Bertz CT molecular complexity index is 691. The van der Waals surface area contributed by atoms with E-state index in [4.69, 9.17) is 28.3 Å². The van der Waals surface area contributed by atoms with Crippen LogP contribution >= 0.6 is 23.2 Å². The predicted octanol–water partition coefficient (Wildman–Crippen LogP) is 3.19. The maximum Gasteiger partial charge on any atom is 0.317 e. The van der Waals surface area contributed by atoms with Gasteiger partial charge in [0.15, 0.2) is 0 Å². The normalized spacial score (nSPS) is 22.6. The Kier molecular flexibility index (Phi) is 5.51. The molecule has 2 aliphatic carbocycles. The highest BCUT2D eigenvalue weighted by Gasteiger charge is 2.38. The number of halogens is 3. The Morgan fingerprint density at radius 3 is 2.52 bits per heavy atom. The van der Waals surface area contributed by atoms with E-state index in [1.54, 1.807) is 0 Å². The molecule has 0 radical (unpaired) electrons. The van der Waals surface area contributed by atoms with Crippen molar-refractivity contribution in [3.05, 3.63) is 33.6 Å². The zero-order valence-electron chi connectivity index (χ0n) is 13.5. The van der Waals surface area contributed by atoms with Crippen LogP contribution in [0.25, 0.3) is 0 Å². The SMILES string of the molecule is O=C(O)CN(CC1CC1)C1CC(NC(=O)c2cc(F)c(Cl)cc2Cl)C1. The lowest BCUT2D eigenvalue weighted by Crippen LogP contribution is -2.55. The van der Waals surface area contributed by atoms with Crippen LogP contribution in [0.4, 0.5) is 4.39 Å². The third-order valence-electron chi connectivity index (χ3n) is 4.75. The first-order chi connectivity index (χ1) is 11.8. The van der Waals surface area contributed by atoms with Gasteiger partial charge in [-0.15, -0.1) is 0 Å². The summed E-state index contributed by atoms with van der Waals surface area (Å²) >= 11 is 11.6. The van der Waals surface area contributed by atoms with Crippen LogP contribution in [-0.2, 0) is 4.79 Å². The Balaban J connectivity index is 1.54. The first-order valence-electron chi connectivity index (χ1n) is 8.24. The first kappa shape index (κ1) is 18.4. The van der Waals surface area contributed by atoms with Crippen LogP contribution in [0.3, 0.4) is 0 Å². The Hall–Kier alpha value is -1.37. The molecule has 1 aromatic rings. The van der Waals surface area contributed by atoms with Gasteiger partial charge in [0.2, 0.25) is 0 Å². The number of aliphatic carboxylic acids is 1. The summed E-state index contributed by atoms with van der Waals surface area (Å²) in [4.78, 5) is 25.3. The van der Waals surface area contributed by atoms with Crippen LogP contribution in [-0.4, -0.2) is 47.1 Å². The van der Waals surface area contributed by atoms with Crippen molar-refractivity contribution in [1.82, 2.24) is 10.2 Å². The number of hydrogen-bond donors (Lipinski definition) is 2. The van der Waals surface area contributed by atoms with E-state index in [1.807, 2.05) is 4.90 Å². The van der Waals surface area contributed by atoms with Crippen molar-refractivity contribution in [1.29, 1.82) is 0 Å². The monoisotopic (exact) mass is 388 g/mol. The van der Waals surface area contributed by atoms with Gasteiger partial charge in [-0.3, -0.25) is 14.5 Å². The highest BCUT2D eigenvalue weighted by Crippen LogP contribution is 2.34. The molecule has 0 bridgehead atoms. The largest absolute Gasteiger partial charge is 0.480 e. The minimum absolute atomic E-state index is 0.0239. The maximum atomic E-state index is 13.5. The lowest BCUT2D eigenvalue weighted by Gasteiger charge is -2.42. The van der Waals surface area contributed by atoms with Gasteiger partial charge in [0, 0.05) is 18.6 Å². The molecule has 0 unspecified atom stereocenters. The van der Waals surface area contributed by atoms with Crippen molar-refractivity contribution in [3.8, 4) is 0 Å². The number of hydrogen-bond acceptors (Lipinski definition) is 3. The molecule has 1 amide bonds. The molecule has 0 spiro atoms. The second kappa shape index (κ2) is 7.48. The summed E-state index contributed by atoms with van der Waals surface area (Å²) in [7, 11) is 0. The standard InChI is InChI=1S/C17H19Cl2FN2O3/c18-13-6-14(19)15(20)5-12(13)17(25)21-10-3-11(4-10)22(8-16(23)24)7-9-1-2-9/h5-6,9-11H,1-4,7-8H2,(H,21,25)(H,23,24). The molecule has 3 rings (SSSR count). The van der Waals surface area contributed by atoms with Gasteiger partial charge in [-0.05, 0) is 43.7 Å². The Labute approximate surface area is 155 Å². The second-order valence-corrected chi connectivity index (χ2v) is 7.62. The van der Waals surface area contributed by atoms with Crippen LogP contribution in [0.2, 0.25) is 10.0 Å². The van der Waals surface area contributed by atoms with Gasteiger partial charge in [-0.2, -0.15) is 0 Å². The molecule has 1 aromatic carbocycles. The van der Waals surface area contributed by atoms with Gasteiger partial charge in [0.1, 0.15) is 5.82 Å². The average Bonchev–Trinajstić information content (AvgIpc) is 3.29. The fourth-order valence-electron chi connectivity index (χ4n) is 3.11. The number of carbonyl (C=O) groups is 2. The zero-order valence-corrected chi connectivity index (χ0v) is 15.0. The molecule has 0 aromatic heterocycles. The molecule has 136 valence electrons. The second-order valence-electron chi connectivity index (χ2n) is 6.81. The van der Waals surface area contributed by atoms with Crippen molar-refractivity contribution in [2.75, 3.05) is 13.1 Å². The van der Waals surface area contributed by atoms with Gasteiger partial charge in [-0.25, -0.2) is 4.39 Å². The summed E-state index contributed by atoms with van der Waals surface area (Å²) in [5, 5.41) is 11.8. The summed E-state index contributed by atoms with van der Waals surface area (Å²) in [6.45, 7) is 0.821. The third-order valence-corrected chi connectivity index (χ3v) is 5.35. The maximum absolute atomic E-state index is 13.5. The molecular formula is C17H19Cl2FN2O3. The lowest BCUT2D eigenvalue weighted by molar-refractivity contribution is -0.139. The number of carbonyl (C=O) groups excluding carboxylic acids is 1. The van der Waals surface area contributed by atoms with E-state index in [-0.39, 0.29) is 34.2 Å². The van der Waals surface area contributed by atoms with Crippen LogP contribution in [0.1, 0.15) is 36.0 Å². The highest BCUT2D eigenvalue weighted by molar-refractivity contribution is 6.36. The summed E-state index contributed by atoms with van der Waals surface area (Å²) < 4.78 is 13.5.